The number of benzene rings is 3. The van der Waals surface area contributed by atoms with Crippen LogP contribution in [0.25, 0.3) is 5.76 Å². The van der Waals surface area contributed by atoms with E-state index in [2.05, 4.69) is 20.8 Å². The van der Waals surface area contributed by atoms with Crippen molar-refractivity contribution in [1.29, 1.82) is 0 Å². The molecule has 1 aliphatic rings. The van der Waals surface area contributed by atoms with E-state index < -0.39 is 17.7 Å². The summed E-state index contributed by atoms with van der Waals surface area (Å²) >= 11 is 12.4. The molecule has 1 fully saturated rings. The number of Topliss-reactive ketones (excluding diaryl/α,β-unsaturated/α-hetero) is 1. The maximum absolute atomic E-state index is 13.4. The molecular weight excluding hydrogens is 469 g/mol. The van der Waals surface area contributed by atoms with E-state index in [9.17, 15) is 14.7 Å². The maximum atomic E-state index is 13.4. The van der Waals surface area contributed by atoms with Crippen LogP contribution in [0.2, 0.25) is 10.0 Å². The van der Waals surface area contributed by atoms with Gasteiger partial charge >= 0.3 is 0 Å². The van der Waals surface area contributed by atoms with Crippen molar-refractivity contribution in [2.45, 2.75) is 39.2 Å². The third kappa shape index (κ3) is 4.36. The molecule has 3 aromatic carbocycles. The Balaban J connectivity index is 1.97. The van der Waals surface area contributed by atoms with Crippen molar-refractivity contribution in [3.05, 3.63) is 105 Å². The summed E-state index contributed by atoms with van der Waals surface area (Å²) in [5, 5.41) is 12.1. The molecule has 1 N–H and O–H groups in total. The van der Waals surface area contributed by atoms with Gasteiger partial charge in [0.1, 0.15) is 5.76 Å². The molecule has 1 heterocycles. The summed E-state index contributed by atoms with van der Waals surface area (Å²) in [6.07, 6.45) is 0. The molecule has 1 aliphatic heterocycles. The summed E-state index contributed by atoms with van der Waals surface area (Å²) < 4.78 is 0. The highest BCUT2D eigenvalue weighted by molar-refractivity contribution is 6.52. The molecule has 3 aromatic rings. The molecule has 0 saturated carbocycles. The van der Waals surface area contributed by atoms with Crippen molar-refractivity contribution in [2.75, 3.05) is 4.90 Å². The Morgan fingerprint density at radius 2 is 1.56 bits per heavy atom. The van der Waals surface area contributed by atoms with Crippen molar-refractivity contribution in [3.8, 4) is 0 Å². The lowest BCUT2D eigenvalue weighted by Crippen LogP contribution is -2.30. The van der Waals surface area contributed by atoms with Gasteiger partial charge in [-0.05, 0) is 53.3 Å². The average molecular weight is 494 g/mol. The Morgan fingerprint density at radius 1 is 0.912 bits per heavy atom. The normalized spacial score (nSPS) is 17.9. The lowest BCUT2D eigenvalue weighted by Gasteiger charge is -2.28. The number of anilines is 1. The van der Waals surface area contributed by atoms with Gasteiger partial charge < -0.3 is 5.11 Å². The molecule has 0 bridgehead atoms. The van der Waals surface area contributed by atoms with Crippen LogP contribution in [0, 0.1) is 6.92 Å². The molecule has 0 aromatic heterocycles. The second-order valence-electron chi connectivity index (χ2n) is 9.48. The highest BCUT2D eigenvalue weighted by Gasteiger charge is 2.47. The summed E-state index contributed by atoms with van der Waals surface area (Å²) in [7, 11) is 0. The average Bonchev–Trinajstić information content (AvgIpc) is 3.05. The van der Waals surface area contributed by atoms with E-state index in [0.717, 1.165) is 11.1 Å². The van der Waals surface area contributed by atoms with Crippen LogP contribution < -0.4 is 4.90 Å². The molecule has 0 aliphatic carbocycles. The first-order valence-electron chi connectivity index (χ1n) is 10.9. The van der Waals surface area contributed by atoms with Crippen LogP contribution in [-0.4, -0.2) is 16.8 Å². The highest BCUT2D eigenvalue weighted by Crippen LogP contribution is 2.44. The van der Waals surface area contributed by atoms with Crippen LogP contribution in [0.1, 0.15) is 49.1 Å². The predicted octanol–water partition coefficient (Wildman–Crippen LogP) is 7.23. The summed E-state index contributed by atoms with van der Waals surface area (Å²) in [6, 6.07) is 18.7. The smallest absolute Gasteiger partial charge is 0.300 e. The van der Waals surface area contributed by atoms with E-state index in [1.807, 2.05) is 31.2 Å². The Hall–Kier alpha value is -3.08. The van der Waals surface area contributed by atoms with Crippen LogP contribution in [-0.2, 0) is 15.0 Å². The number of aliphatic hydroxyl groups excluding tert-OH is 1. The van der Waals surface area contributed by atoms with Crippen LogP contribution >= 0.6 is 23.2 Å². The monoisotopic (exact) mass is 493 g/mol. The standard InChI is InChI=1S/C28H25Cl2NO3/c1-16-8-13-21(30)15-22(16)31-24(17-9-11-19(12-10-17)28(2,3)4)23(26(33)27(31)34)25(32)18-6-5-7-20(29)14-18/h5-15,24,32H,1-4H3/b25-23+. The number of hydrogen-bond donors (Lipinski definition) is 1. The third-order valence-electron chi connectivity index (χ3n) is 6.07. The predicted molar refractivity (Wildman–Crippen MR) is 138 cm³/mol. The first kappa shape index (κ1) is 24.1. The minimum atomic E-state index is -0.829. The van der Waals surface area contributed by atoms with Crippen molar-refractivity contribution in [1.82, 2.24) is 0 Å². The van der Waals surface area contributed by atoms with Crippen molar-refractivity contribution < 1.29 is 14.7 Å². The number of rotatable bonds is 3. The number of aryl methyl sites for hydroxylation is 1. The van der Waals surface area contributed by atoms with Gasteiger partial charge in [0.05, 0.1) is 11.6 Å². The number of hydrogen-bond acceptors (Lipinski definition) is 3. The third-order valence-corrected chi connectivity index (χ3v) is 6.54. The molecule has 4 rings (SSSR count). The van der Waals surface area contributed by atoms with Gasteiger partial charge in [-0.25, -0.2) is 0 Å². The first-order chi connectivity index (χ1) is 16.0. The van der Waals surface area contributed by atoms with Crippen LogP contribution in [0.15, 0.2) is 72.3 Å². The molecule has 1 amide bonds. The molecular formula is C28H25Cl2NO3. The van der Waals surface area contributed by atoms with Crippen LogP contribution in [0.3, 0.4) is 0 Å². The zero-order valence-corrected chi connectivity index (χ0v) is 20.9. The van der Waals surface area contributed by atoms with Gasteiger partial charge in [0.2, 0.25) is 0 Å². The maximum Gasteiger partial charge on any atom is 0.300 e. The van der Waals surface area contributed by atoms with Gasteiger partial charge in [-0.1, -0.05) is 86.4 Å². The number of carbonyl (C=O) groups excluding carboxylic acids is 2. The van der Waals surface area contributed by atoms with E-state index in [1.54, 1.807) is 42.5 Å². The molecule has 1 saturated heterocycles. The van der Waals surface area contributed by atoms with Gasteiger partial charge in [-0.15, -0.1) is 0 Å². The van der Waals surface area contributed by atoms with E-state index in [1.165, 1.54) is 4.90 Å². The lowest BCUT2D eigenvalue weighted by atomic mass is 9.85. The first-order valence-corrected chi connectivity index (χ1v) is 11.7. The van der Waals surface area contributed by atoms with Gasteiger partial charge in [0.15, 0.2) is 0 Å². The van der Waals surface area contributed by atoms with E-state index in [4.69, 9.17) is 23.2 Å². The van der Waals surface area contributed by atoms with E-state index >= 15 is 0 Å². The fourth-order valence-electron chi connectivity index (χ4n) is 4.20. The summed E-state index contributed by atoms with van der Waals surface area (Å²) in [5.41, 5.74) is 3.43. The molecule has 1 unspecified atom stereocenters. The largest absolute Gasteiger partial charge is 0.507 e. The minimum Gasteiger partial charge on any atom is -0.507 e. The van der Waals surface area contributed by atoms with Gasteiger partial charge in [0.25, 0.3) is 11.7 Å². The van der Waals surface area contributed by atoms with Gasteiger partial charge in [-0.2, -0.15) is 0 Å². The summed E-state index contributed by atoms with van der Waals surface area (Å²) in [6.45, 7) is 8.19. The Morgan fingerprint density at radius 3 is 2.18 bits per heavy atom. The van der Waals surface area contributed by atoms with E-state index in [0.29, 0.717) is 26.9 Å². The SMILES string of the molecule is Cc1ccc(Cl)cc1N1C(=O)C(=O)/C(=C(/O)c2cccc(Cl)c2)C1c1ccc(C(C)(C)C)cc1. The molecule has 6 heteroatoms. The van der Waals surface area contributed by atoms with Gasteiger partial charge in [0, 0.05) is 21.3 Å². The van der Waals surface area contributed by atoms with Crippen LogP contribution in [0.5, 0.6) is 0 Å². The second-order valence-corrected chi connectivity index (χ2v) is 10.4. The number of aliphatic hydroxyl groups is 1. The highest BCUT2D eigenvalue weighted by atomic mass is 35.5. The molecule has 4 nitrogen and oxygen atoms in total. The number of nitrogens with zero attached hydrogens (tertiary/aromatic N) is 1. The minimum absolute atomic E-state index is 0.00940. The fraction of sp³-hybridized carbons (Fsp3) is 0.214. The number of halogens is 2. The summed E-state index contributed by atoms with van der Waals surface area (Å²) in [4.78, 5) is 28.1. The van der Waals surface area contributed by atoms with Crippen molar-refractivity contribution in [3.63, 3.8) is 0 Å². The Kier molecular flexibility index (Phi) is 6.32. The lowest BCUT2D eigenvalue weighted by molar-refractivity contribution is -0.132. The number of ketones is 1. The van der Waals surface area contributed by atoms with Crippen molar-refractivity contribution >= 4 is 46.3 Å². The van der Waals surface area contributed by atoms with Gasteiger partial charge in [-0.3, -0.25) is 14.5 Å². The molecule has 0 spiro atoms. The zero-order valence-electron chi connectivity index (χ0n) is 19.4. The summed E-state index contributed by atoms with van der Waals surface area (Å²) in [5.74, 6) is -1.76. The number of carbonyl (C=O) groups is 2. The number of amides is 1. The Labute approximate surface area is 209 Å². The van der Waals surface area contributed by atoms with Crippen molar-refractivity contribution in [2.24, 2.45) is 0 Å². The Bertz CT molecular complexity index is 1320. The zero-order chi connectivity index (χ0) is 24.8. The second kappa shape index (κ2) is 8.94. The van der Waals surface area contributed by atoms with E-state index in [-0.39, 0.29) is 16.7 Å². The van der Waals surface area contributed by atoms with Crippen LogP contribution in [0.4, 0.5) is 5.69 Å². The molecule has 0 radical (unpaired) electrons. The quantitative estimate of drug-likeness (QED) is 0.238. The fourth-order valence-corrected chi connectivity index (χ4v) is 4.55. The molecule has 1 atom stereocenters. The molecule has 34 heavy (non-hydrogen) atoms. The molecule has 174 valence electrons. The topological polar surface area (TPSA) is 57.6 Å².